The highest BCUT2D eigenvalue weighted by Gasteiger charge is 2.45. The molecule has 2 aromatic rings. The normalized spacial score (nSPS) is 23.8. The van der Waals surface area contributed by atoms with Crippen LogP contribution >= 0.6 is 0 Å². The molecule has 1 fully saturated rings. The third-order valence-corrected chi connectivity index (χ3v) is 7.28. The summed E-state index contributed by atoms with van der Waals surface area (Å²) in [4.78, 5) is -0.122. The van der Waals surface area contributed by atoms with E-state index in [4.69, 9.17) is 17.8 Å². The zero-order valence-corrected chi connectivity index (χ0v) is 17.9. The minimum atomic E-state index is -4.21. The topological polar surface area (TPSA) is 105 Å². The van der Waals surface area contributed by atoms with Crippen molar-refractivity contribution in [1.29, 1.82) is 0 Å². The number of ether oxygens (including phenoxy) is 2. The molecule has 3 atom stereocenters. The van der Waals surface area contributed by atoms with Crippen LogP contribution in [0.5, 0.6) is 0 Å². The van der Waals surface area contributed by atoms with Crippen LogP contribution in [0.25, 0.3) is 0 Å². The van der Waals surface area contributed by atoms with Crippen LogP contribution in [0.4, 0.5) is 0 Å². The first-order valence-corrected chi connectivity index (χ1v) is 12.0. The molecular formula is C20H20O8S2. The lowest BCUT2D eigenvalue weighted by atomic mass is 10.1. The van der Waals surface area contributed by atoms with Gasteiger partial charge < -0.3 is 13.7 Å². The second kappa shape index (κ2) is 7.78. The predicted octanol–water partition coefficient (Wildman–Crippen LogP) is 2.42. The molecule has 0 spiro atoms. The predicted molar refractivity (Wildman–Crippen MR) is 105 cm³/mol. The Hall–Kier alpha value is -2.24. The lowest BCUT2D eigenvalue weighted by Crippen LogP contribution is -2.39. The van der Waals surface area contributed by atoms with Crippen molar-refractivity contribution in [2.75, 3.05) is 6.61 Å². The largest absolute Gasteiger partial charge is 0.381 e. The first kappa shape index (κ1) is 21.0. The van der Waals surface area contributed by atoms with Gasteiger partial charge in [-0.05, 0) is 38.1 Å². The van der Waals surface area contributed by atoms with Crippen LogP contribution < -0.4 is 0 Å². The molecule has 10 heteroatoms. The molecule has 2 heterocycles. The highest BCUT2D eigenvalue weighted by Crippen LogP contribution is 2.33. The summed E-state index contributed by atoms with van der Waals surface area (Å²) < 4.78 is 72.5. The zero-order chi connectivity index (χ0) is 21.5. The number of rotatable bonds is 6. The molecule has 8 nitrogen and oxygen atoms in total. The van der Waals surface area contributed by atoms with Gasteiger partial charge >= 0.3 is 10.1 Å². The Morgan fingerprint density at radius 1 is 0.833 bits per heavy atom. The summed E-state index contributed by atoms with van der Waals surface area (Å²) in [6.45, 7) is 3.69. The summed E-state index contributed by atoms with van der Waals surface area (Å²) in [5.41, 5.74) is 1.77. The molecule has 30 heavy (non-hydrogen) atoms. The Morgan fingerprint density at radius 2 is 1.37 bits per heavy atom. The SMILES string of the molecule is Cc1ccc(S(=O)(=O)OC2=C[C@H]3OC[C@H](O3)[C@H]2OS(=O)(=O)c2ccc(C)cc2)cc1. The molecule has 0 amide bonds. The average Bonchev–Trinajstić information content (AvgIpc) is 3.08. The Labute approximate surface area is 175 Å². The minimum Gasteiger partial charge on any atom is -0.381 e. The third kappa shape index (κ3) is 4.28. The molecular weight excluding hydrogens is 432 g/mol. The Kier molecular flexibility index (Phi) is 5.45. The van der Waals surface area contributed by atoms with Gasteiger partial charge in [-0.3, -0.25) is 4.18 Å². The highest BCUT2D eigenvalue weighted by atomic mass is 32.2. The molecule has 0 radical (unpaired) electrons. The maximum atomic E-state index is 12.8. The maximum absolute atomic E-state index is 12.8. The molecule has 4 rings (SSSR count). The molecule has 2 aromatic carbocycles. The Bertz CT molecular complexity index is 1170. The highest BCUT2D eigenvalue weighted by molar-refractivity contribution is 7.87. The second-order valence-electron chi connectivity index (χ2n) is 7.08. The summed E-state index contributed by atoms with van der Waals surface area (Å²) >= 11 is 0. The van der Waals surface area contributed by atoms with E-state index < -0.39 is 38.7 Å². The summed E-state index contributed by atoms with van der Waals surface area (Å²) in [7, 11) is -8.42. The van der Waals surface area contributed by atoms with Crippen molar-refractivity contribution in [3.05, 3.63) is 71.5 Å². The second-order valence-corrected chi connectivity index (χ2v) is 10.2. The van der Waals surface area contributed by atoms with Crippen molar-refractivity contribution in [2.24, 2.45) is 0 Å². The van der Waals surface area contributed by atoms with Gasteiger partial charge in [0.15, 0.2) is 18.2 Å². The van der Waals surface area contributed by atoms with E-state index in [0.717, 1.165) is 11.1 Å². The van der Waals surface area contributed by atoms with Gasteiger partial charge in [-0.25, -0.2) is 0 Å². The number of aryl methyl sites for hydroxylation is 2. The van der Waals surface area contributed by atoms with Crippen LogP contribution in [-0.2, 0) is 38.1 Å². The van der Waals surface area contributed by atoms with Gasteiger partial charge in [0, 0.05) is 6.08 Å². The Balaban J connectivity index is 1.63. The number of benzene rings is 2. The van der Waals surface area contributed by atoms with E-state index in [1.807, 2.05) is 13.8 Å². The van der Waals surface area contributed by atoms with E-state index in [9.17, 15) is 16.8 Å². The molecule has 0 saturated carbocycles. The fourth-order valence-electron chi connectivity index (χ4n) is 3.06. The summed E-state index contributed by atoms with van der Waals surface area (Å²) in [6.07, 6.45) is -1.70. The summed E-state index contributed by atoms with van der Waals surface area (Å²) in [5, 5.41) is 0. The van der Waals surface area contributed by atoms with Gasteiger partial charge in [0.1, 0.15) is 11.0 Å². The van der Waals surface area contributed by atoms with Crippen molar-refractivity contribution in [3.8, 4) is 0 Å². The van der Waals surface area contributed by atoms with Gasteiger partial charge in [0.05, 0.1) is 11.5 Å². The van der Waals surface area contributed by atoms with E-state index in [1.54, 1.807) is 24.3 Å². The number of fused-ring (bicyclic) bond motifs is 2. The molecule has 0 unspecified atom stereocenters. The monoisotopic (exact) mass is 452 g/mol. The standard InChI is InChI=1S/C20H20O8S2/c1-13-3-7-15(8-4-13)29(21,22)27-17-11-19-25-12-18(26-19)20(17)28-30(23,24)16-9-5-14(2)6-10-16/h3-11,18-20H,12H2,1-2H3/t18-,19-,20-/m0/s1. The van der Waals surface area contributed by atoms with Crippen LogP contribution in [-0.4, -0.2) is 41.9 Å². The van der Waals surface area contributed by atoms with E-state index in [2.05, 4.69) is 0 Å². The van der Waals surface area contributed by atoms with E-state index in [-0.39, 0.29) is 22.2 Å². The summed E-state index contributed by atoms with van der Waals surface area (Å²) in [6, 6.07) is 12.2. The molecule has 0 aliphatic carbocycles. The fraction of sp³-hybridized carbons (Fsp3) is 0.300. The van der Waals surface area contributed by atoms with Crippen LogP contribution in [0.2, 0.25) is 0 Å². The van der Waals surface area contributed by atoms with E-state index in [0.29, 0.717) is 0 Å². The molecule has 0 aromatic heterocycles. The summed E-state index contributed by atoms with van der Waals surface area (Å²) in [5.74, 6) is -0.190. The molecule has 2 bridgehead atoms. The molecule has 0 N–H and O–H groups in total. The first-order chi connectivity index (χ1) is 14.1. The van der Waals surface area contributed by atoms with Crippen molar-refractivity contribution >= 4 is 20.2 Å². The molecule has 160 valence electrons. The molecule has 2 aliphatic heterocycles. The van der Waals surface area contributed by atoms with Gasteiger partial charge in [0.25, 0.3) is 10.1 Å². The molecule has 2 aliphatic rings. The van der Waals surface area contributed by atoms with Crippen molar-refractivity contribution in [1.82, 2.24) is 0 Å². The molecule has 1 saturated heterocycles. The minimum absolute atomic E-state index is 0.0344. The van der Waals surface area contributed by atoms with Crippen molar-refractivity contribution < 1.29 is 34.7 Å². The number of hydrogen-bond donors (Lipinski definition) is 0. The Morgan fingerprint density at radius 3 is 1.93 bits per heavy atom. The lowest BCUT2D eigenvalue weighted by molar-refractivity contribution is -0.0600. The van der Waals surface area contributed by atoms with E-state index in [1.165, 1.54) is 30.3 Å². The van der Waals surface area contributed by atoms with Crippen molar-refractivity contribution in [3.63, 3.8) is 0 Å². The number of hydrogen-bond acceptors (Lipinski definition) is 8. The van der Waals surface area contributed by atoms with Gasteiger partial charge in [0.2, 0.25) is 0 Å². The first-order valence-electron chi connectivity index (χ1n) is 9.14. The lowest BCUT2D eigenvalue weighted by Gasteiger charge is -2.27. The van der Waals surface area contributed by atoms with Crippen LogP contribution in [0, 0.1) is 13.8 Å². The van der Waals surface area contributed by atoms with Crippen LogP contribution in [0.3, 0.4) is 0 Å². The zero-order valence-electron chi connectivity index (χ0n) is 16.2. The van der Waals surface area contributed by atoms with Gasteiger partial charge in [-0.15, -0.1) is 0 Å². The quantitative estimate of drug-likeness (QED) is 0.616. The smallest absolute Gasteiger partial charge is 0.338 e. The van der Waals surface area contributed by atoms with Gasteiger partial charge in [-0.2, -0.15) is 16.8 Å². The average molecular weight is 453 g/mol. The van der Waals surface area contributed by atoms with Gasteiger partial charge in [-0.1, -0.05) is 35.4 Å². The van der Waals surface area contributed by atoms with E-state index >= 15 is 0 Å². The van der Waals surface area contributed by atoms with Crippen LogP contribution in [0.15, 0.2) is 70.2 Å². The van der Waals surface area contributed by atoms with Crippen molar-refractivity contribution in [2.45, 2.75) is 42.1 Å². The maximum Gasteiger partial charge on any atom is 0.338 e. The fourth-order valence-corrected chi connectivity index (χ4v) is 5.10. The third-order valence-electron chi connectivity index (χ3n) is 4.71. The van der Waals surface area contributed by atoms with Crippen LogP contribution in [0.1, 0.15) is 11.1 Å².